The number of carbonyl (C=O) groups excluding carboxylic acids is 1. The molecular weight excluding hydrogens is 212 g/mol. The number of rotatable bonds is 6. The van der Waals surface area contributed by atoms with Crippen LogP contribution in [-0.2, 0) is 4.79 Å². The predicted octanol–water partition coefficient (Wildman–Crippen LogP) is 0.167. The summed E-state index contributed by atoms with van der Waals surface area (Å²) in [5.74, 6) is -0.764. The highest BCUT2D eigenvalue weighted by molar-refractivity contribution is 5.74. The predicted molar refractivity (Wildman–Crippen MR) is 59.1 cm³/mol. The number of amides is 2. The minimum absolute atomic E-state index is 0.0940. The second kappa shape index (κ2) is 6.32. The molecule has 16 heavy (non-hydrogen) atoms. The molecule has 2 amide bonds. The molecule has 0 aliphatic rings. The number of hydrogen-bond acceptors (Lipinski definition) is 3. The summed E-state index contributed by atoms with van der Waals surface area (Å²) in [6.07, 6.45) is -0.405. The van der Waals surface area contributed by atoms with Gasteiger partial charge in [-0.15, -0.1) is 0 Å². The molecule has 0 spiro atoms. The van der Waals surface area contributed by atoms with Crippen molar-refractivity contribution in [3.8, 4) is 0 Å². The zero-order valence-electron chi connectivity index (χ0n) is 9.91. The van der Waals surface area contributed by atoms with Gasteiger partial charge in [-0.1, -0.05) is 13.8 Å². The van der Waals surface area contributed by atoms with Gasteiger partial charge in [0.15, 0.2) is 0 Å². The lowest BCUT2D eigenvalue weighted by molar-refractivity contribution is -0.141. The number of carboxylic acid groups (broad SMARTS) is 1. The van der Waals surface area contributed by atoms with Gasteiger partial charge in [0.2, 0.25) is 0 Å². The molecule has 1 unspecified atom stereocenters. The quantitative estimate of drug-likeness (QED) is 0.524. The van der Waals surface area contributed by atoms with Crippen LogP contribution < -0.4 is 10.6 Å². The van der Waals surface area contributed by atoms with Crippen LogP contribution in [-0.4, -0.2) is 40.9 Å². The third-order valence-electron chi connectivity index (χ3n) is 1.83. The Morgan fingerprint density at radius 2 is 1.88 bits per heavy atom. The number of hydrogen-bond donors (Lipinski definition) is 4. The number of urea groups is 1. The van der Waals surface area contributed by atoms with E-state index in [0.29, 0.717) is 12.5 Å². The van der Waals surface area contributed by atoms with Crippen LogP contribution in [0.5, 0.6) is 0 Å². The van der Waals surface area contributed by atoms with Crippen LogP contribution in [0.3, 0.4) is 0 Å². The Morgan fingerprint density at radius 3 is 2.31 bits per heavy atom. The summed E-state index contributed by atoms with van der Waals surface area (Å²) in [7, 11) is 0. The number of aliphatic hydroxyl groups is 1. The highest BCUT2D eigenvalue weighted by Crippen LogP contribution is 2.06. The van der Waals surface area contributed by atoms with Gasteiger partial charge >= 0.3 is 12.0 Å². The van der Waals surface area contributed by atoms with E-state index in [4.69, 9.17) is 5.11 Å². The minimum Gasteiger partial charge on any atom is -0.481 e. The van der Waals surface area contributed by atoms with E-state index >= 15 is 0 Å². The Hall–Kier alpha value is -1.30. The molecule has 0 rings (SSSR count). The van der Waals surface area contributed by atoms with E-state index in [1.807, 2.05) is 13.8 Å². The van der Waals surface area contributed by atoms with Crippen molar-refractivity contribution in [3.05, 3.63) is 0 Å². The average Bonchev–Trinajstić information content (AvgIpc) is 2.09. The van der Waals surface area contributed by atoms with Crippen LogP contribution in [0.15, 0.2) is 0 Å². The molecule has 0 radical (unpaired) electrons. The summed E-state index contributed by atoms with van der Waals surface area (Å²) in [5.41, 5.74) is -1.43. The smallest absolute Gasteiger partial charge is 0.314 e. The molecule has 0 saturated heterocycles. The van der Waals surface area contributed by atoms with Gasteiger partial charge in [-0.2, -0.15) is 0 Å². The average molecular weight is 232 g/mol. The highest BCUT2D eigenvalue weighted by atomic mass is 16.4. The maximum absolute atomic E-state index is 11.2. The van der Waals surface area contributed by atoms with Crippen LogP contribution in [0.4, 0.5) is 4.79 Å². The second-order valence-corrected chi connectivity index (χ2v) is 4.52. The summed E-state index contributed by atoms with van der Waals surface area (Å²) in [6, 6.07) is -0.403. The Morgan fingerprint density at radius 1 is 1.31 bits per heavy atom. The third-order valence-corrected chi connectivity index (χ3v) is 1.83. The van der Waals surface area contributed by atoms with Gasteiger partial charge in [-0.25, -0.2) is 4.79 Å². The molecule has 0 aliphatic heterocycles. The first-order valence-electron chi connectivity index (χ1n) is 5.19. The fourth-order valence-electron chi connectivity index (χ4n) is 1.02. The minimum atomic E-state index is -1.43. The van der Waals surface area contributed by atoms with Gasteiger partial charge in [0.25, 0.3) is 0 Å². The molecule has 0 aromatic heterocycles. The lowest BCUT2D eigenvalue weighted by Gasteiger charge is -2.21. The van der Waals surface area contributed by atoms with Gasteiger partial charge in [0, 0.05) is 13.1 Å². The van der Waals surface area contributed by atoms with Crippen LogP contribution in [0.25, 0.3) is 0 Å². The molecule has 0 saturated carbocycles. The van der Waals surface area contributed by atoms with E-state index in [2.05, 4.69) is 10.6 Å². The van der Waals surface area contributed by atoms with E-state index in [9.17, 15) is 14.7 Å². The van der Waals surface area contributed by atoms with E-state index in [1.54, 1.807) is 0 Å². The first-order chi connectivity index (χ1) is 7.23. The van der Waals surface area contributed by atoms with Crippen molar-refractivity contribution < 1.29 is 19.8 Å². The highest BCUT2D eigenvalue weighted by Gasteiger charge is 2.24. The summed E-state index contributed by atoms with van der Waals surface area (Å²) < 4.78 is 0. The largest absolute Gasteiger partial charge is 0.481 e. The number of aliphatic carboxylic acids is 1. The molecule has 0 aromatic carbocycles. The van der Waals surface area contributed by atoms with Gasteiger partial charge < -0.3 is 20.8 Å². The van der Waals surface area contributed by atoms with Crippen molar-refractivity contribution in [2.45, 2.75) is 32.8 Å². The van der Waals surface area contributed by atoms with Crippen molar-refractivity contribution in [2.75, 3.05) is 13.1 Å². The van der Waals surface area contributed by atoms with Crippen LogP contribution >= 0.6 is 0 Å². The summed E-state index contributed by atoms with van der Waals surface area (Å²) in [6.45, 7) is 5.72. The fraction of sp³-hybridized carbons (Fsp3) is 0.800. The first-order valence-corrected chi connectivity index (χ1v) is 5.19. The monoisotopic (exact) mass is 232 g/mol. The van der Waals surface area contributed by atoms with E-state index < -0.39 is 24.0 Å². The lowest BCUT2D eigenvalue weighted by Crippen LogP contribution is -2.46. The maximum atomic E-state index is 11.2. The maximum Gasteiger partial charge on any atom is 0.314 e. The third kappa shape index (κ3) is 8.05. The SMILES string of the molecule is CC(C)CNC(=O)NCC(C)(O)CC(=O)O. The second-order valence-electron chi connectivity index (χ2n) is 4.52. The fourth-order valence-corrected chi connectivity index (χ4v) is 1.02. The summed E-state index contributed by atoms with van der Waals surface area (Å²) >= 11 is 0. The summed E-state index contributed by atoms with van der Waals surface area (Å²) in [4.78, 5) is 21.6. The molecule has 0 heterocycles. The van der Waals surface area contributed by atoms with Gasteiger partial charge in [0.05, 0.1) is 12.0 Å². The van der Waals surface area contributed by atoms with Crippen molar-refractivity contribution in [1.82, 2.24) is 10.6 Å². The Kier molecular flexibility index (Phi) is 5.81. The van der Waals surface area contributed by atoms with Gasteiger partial charge in [0.1, 0.15) is 0 Å². The molecule has 0 aromatic rings. The summed E-state index contributed by atoms with van der Waals surface area (Å²) in [5, 5.41) is 23.1. The van der Waals surface area contributed by atoms with E-state index in [1.165, 1.54) is 6.92 Å². The van der Waals surface area contributed by atoms with Crippen LogP contribution in [0.1, 0.15) is 27.2 Å². The Bertz CT molecular complexity index is 251. The molecule has 6 heteroatoms. The Balaban J connectivity index is 3.86. The molecule has 0 aliphatic carbocycles. The number of nitrogens with one attached hydrogen (secondary N) is 2. The molecule has 4 N–H and O–H groups in total. The van der Waals surface area contributed by atoms with Crippen molar-refractivity contribution >= 4 is 12.0 Å². The van der Waals surface area contributed by atoms with Crippen LogP contribution in [0.2, 0.25) is 0 Å². The zero-order chi connectivity index (χ0) is 12.8. The normalized spacial score (nSPS) is 14.3. The number of carbonyl (C=O) groups is 2. The van der Waals surface area contributed by atoms with E-state index in [-0.39, 0.29) is 6.54 Å². The van der Waals surface area contributed by atoms with Gasteiger partial charge in [-0.3, -0.25) is 4.79 Å². The zero-order valence-corrected chi connectivity index (χ0v) is 9.91. The number of carboxylic acids is 1. The standard InChI is InChI=1S/C10H20N2O4/c1-7(2)5-11-9(15)12-6-10(3,16)4-8(13)14/h7,16H,4-6H2,1-3H3,(H,13,14)(H2,11,12,15). The van der Waals surface area contributed by atoms with Crippen molar-refractivity contribution in [1.29, 1.82) is 0 Å². The molecular formula is C10H20N2O4. The molecule has 94 valence electrons. The lowest BCUT2D eigenvalue weighted by atomic mass is 10.0. The topological polar surface area (TPSA) is 98.7 Å². The van der Waals surface area contributed by atoms with Gasteiger partial charge in [-0.05, 0) is 12.8 Å². The van der Waals surface area contributed by atoms with Crippen LogP contribution in [0, 0.1) is 5.92 Å². The molecule has 0 bridgehead atoms. The van der Waals surface area contributed by atoms with E-state index in [0.717, 1.165) is 0 Å². The van der Waals surface area contributed by atoms with Crippen molar-refractivity contribution in [2.24, 2.45) is 5.92 Å². The first kappa shape index (κ1) is 14.7. The molecule has 1 atom stereocenters. The molecule has 0 fully saturated rings. The molecule has 6 nitrogen and oxygen atoms in total. The Labute approximate surface area is 95.0 Å². The van der Waals surface area contributed by atoms with Crippen molar-refractivity contribution in [3.63, 3.8) is 0 Å².